The molecule has 0 aliphatic carbocycles. The van der Waals surface area contributed by atoms with Crippen LogP contribution in [0.5, 0.6) is 0 Å². The van der Waals surface area contributed by atoms with E-state index in [1.807, 2.05) is 32.0 Å². The maximum Gasteiger partial charge on any atom is 0.233 e. The van der Waals surface area contributed by atoms with Gasteiger partial charge in [-0.05, 0) is 31.9 Å². The zero-order chi connectivity index (χ0) is 13.4. The highest BCUT2D eigenvalue weighted by Crippen LogP contribution is 2.20. The number of thioether (sulfide) groups is 1. The van der Waals surface area contributed by atoms with Crippen LogP contribution in [0, 0.1) is 0 Å². The number of carbonyl (C=O) groups excluding carboxylic acids is 1. The molecule has 1 rings (SSSR count). The monoisotopic (exact) mass is 268 g/mol. The van der Waals surface area contributed by atoms with E-state index in [2.05, 4.69) is 10.3 Å². The van der Waals surface area contributed by atoms with Crippen molar-refractivity contribution < 1.29 is 9.90 Å². The van der Waals surface area contributed by atoms with Crippen LogP contribution in [0.4, 0.5) is 0 Å². The fourth-order valence-corrected chi connectivity index (χ4v) is 2.32. The first-order valence-electron chi connectivity index (χ1n) is 6.16. The van der Waals surface area contributed by atoms with Crippen molar-refractivity contribution in [2.24, 2.45) is 0 Å². The van der Waals surface area contributed by atoms with Crippen LogP contribution in [-0.4, -0.2) is 33.9 Å². The Kier molecular flexibility index (Phi) is 6.75. The highest BCUT2D eigenvalue weighted by atomic mass is 32.2. The lowest BCUT2D eigenvalue weighted by atomic mass is 10.1. The summed E-state index contributed by atoms with van der Waals surface area (Å²) in [4.78, 5) is 16.1. The van der Waals surface area contributed by atoms with E-state index in [-0.39, 0.29) is 23.8 Å². The van der Waals surface area contributed by atoms with Gasteiger partial charge in [-0.15, -0.1) is 0 Å². The molecule has 1 aromatic heterocycles. The number of aliphatic hydroxyl groups excluding tert-OH is 1. The van der Waals surface area contributed by atoms with Crippen molar-refractivity contribution >= 4 is 17.7 Å². The van der Waals surface area contributed by atoms with Gasteiger partial charge in [0.1, 0.15) is 0 Å². The van der Waals surface area contributed by atoms with Gasteiger partial charge in [0.05, 0.1) is 10.3 Å². The predicted octanol–water partition coefficient (Wildman–Crippen LogP) is 1.84. The Morgan fingerprint density at radius 2 is 2.33 bits per heavy atom. The lowest BCUT2D eigenvalue weighted by Crippen LogP contribution is -2.39. The molecule has 0 spiro atoms. The second kappa shape index (κ2) is 8.11. The van der Waals surface area contributed by atoms with Crippen LogP contribution in [0.15, 0.2) is 29.4 Å². The highest BCUT2D eigenvalue weighted by Gasteiger charge is 2.17. The molecule has 0 saturated carbocycles. The lowest BCUT2D eigenvalue weighted by Gasteiger charge is -2.18. The molecule has 2 unspecified atom stereocenters. The van der Waals surface area contributed by atoms with E-state index in [9.17, 15) is 4.79 Å². The molecule has 2 N–H and O–H groups in total. The minimum Gasteiger partial charge on any atom is -0.396 e. The second-order valence-electron chi connectivity index (χ2n) is 4.05. The molecule has 1 amide bonds. The summed E-state index contributed by atoms with van der Waals surface area (Å²) >= 11 is 1.44. The molecule has 0 aromatic carbocycles. The summed E-state index contributed by atoms with van der Waals surface area (Å²) in [6.45, 7) is 3.96. The molecule has 100 valence electrons. The van der Waals surface area contributed by atoms with Crippen LogP contribution in [0.25, 0.3) is 0 Å². The minimum absolute atomic E-state index is 0.00838. The number of rotatable bonds is 7. The SMILES string of the molecule is CCC(CCO)NC(=O)C(C)Sc1ccccn1. The molecule has 0 fully saturated rings. The van der Waals surface area contributed by atoms with E-state index in [1.165, 1.54) is 11.8 Å². The van der Waals surface area contributed by atoms with E-state index in [0.717, 1.165) is 11.4 Å². The Bertz CT molecular complexity index is 359. The van der Waals surface area contributed by atoms with Crippen LogP contribution in [-0.2, 0) is 4.79 Å². The second-order valence-corrected chi connectivity index (χ2v) is 5.42. The van der Waals surface area contributed by atoms with Crippen molar-refractivity contribution in [1.82, 2.24) is 10.3 Å². The van der Waals surface area contributed by atoms with Gasteiger partial charge in [-0.25, -0.2) is 4.98 Å². The van der Waals surface area contributed by atoms with Gasteiger partial charge in [-0.2, -0.15) is 0 Å². The molecule has 18 heavy (non-hydrogen) atoms. The number of hydrogen-bond acceptors (Lipinski definition) is 4. The van der Waals surface area contributed by atoms with E-state index in [4.69, 9.17) is 5.11 Å². The summed E-state index contributed by atoms with van der Waals surface area (Å²) in [6.07, 6.45) is 3.14. The maximum absolute atomic E-state index is 12.0. The molecule has 4 nitrogen and oxygen atoms in total. The summed E-state index contributed by atoms with van der Waals surface area (Å²) in [5, 5.41) is 12.5. The summed E-state index contributed by atoms with van der Waals surface area (Å²) in [7, 11) is 0. The average Bonchev–Trinajstić information content (AvgIpc) is 2.39. The molecule has 0 saturated heterocycles. The van der Waals surface area contributed by atoms with Crippen molar-refractivity contribution in [3.63, 3.8) is 0 Å². The van der Waals surface area contributed by atoms with Crippen LogP contribution in [0.1, 0.15) is 26.7 Å². The Balaban J connectivity index is 2.46. The summed E-state index contributed by atoms with van der Waals surface area (Å²) in [6, 6.07) is 5.69. The van der Waals surface area contributed by atoms with Gasteiger partial charge in [0.25, 0.3) is 0 Å². The van der Waals surface area contributed by atoms with Gasteiger partial charge in [-0.1, -0.05) is 24.8 Å². The van der Waals surface area contributed by atoms with Crippen LogP contribution in [0.2, 0.25) is 0 Å². The smallest absolute Gasteiger partial charge is 0.233 e. The molecule has 5 heteroatoms. The summed E-state index contributed by atoms with van der Waals surface area (Å²) < 4.78 is 0. The van der Waals surface area contributed by atoms with E-state index in [0.29, 0.717) is 6.42 Å². The van der Waals surface area contributed by atoms with E-state index in [1.54, 1.807) is 6.20 Å². The molecule has 0 aliphatic rings. The van der Waals surface area contributed by atoms with Gasteiger partial charge < -0.3 is 10.4 Å². The number of nitrogens with zero attached hydrogens (tertiary/aromatic N) is 1. The van der Waals surface area contributed by atoms with Gasteiger partial charge in [0.15, 0.2) is 0 Å². The molecular formula is C13H20N2O2S. The average molecular weight is 268 g/mol. The van der Waals surface area contributed by atoms with Crippen molar-refractivity contribution in [3.05, 3.63) is 24.4 Å². The molecule has 0 radical (unpaired) electrons. The zero-order valence-corrected chi connectivity index (χ0v) is 11.6. The molecular weight excluding hydrogens is 248 g/mol. The summed E-state index contributed by atoms with van der Waals surface area (Å²) in [5.41, 5.74) is 0. The van der Waals surface area contributed by atoms with Crippen molar-refractivity contribution in [2.75, 3.05) is 6.61 Å². The predicted molar refractivity (Wildman–Crippen MR) is 73.5 cm³/mol. The van der Waals surface area contributed by atoms with Gasteiger partial charge >= 0.3 is 0 Å². The topological polar surface area (TPSA) is 62.2 Å². The van der Waals surface area contributed by atoms with Gasteiger partial charge in [0, 0.05) is 18.8 Å². The number of nitrogens with one attached hydrogen (secondary N) is 1. The Morgan fingerprint density at radius 1 is 1.56 bits per heavy atom. The van der Waals surface area contributed by atoms with E-state index >= 15 is 0 Å². The quantitative estimate of drug-likeness (QED) is 0.741. The third kappa shape index (κ3) is 5.06. The Labute approximate surface area is 112 Å². The third-order valence-electron chi connectivity index (χ3n) is 2.62. The molecule has 1 heterocycles. The number of carbonyl (C=O) groups is 1. The first kappa shape index (κ1) is 15.0. The largest absolute Gasteiger partial charge is 0.396 e. The number of pyridine rings is 1. The fourth-order valence-electron chi connectivity index (χ4n) is 1.50. The minimum atomic E-state index is -0.187. The Morgan fingerprint density at radius 3 is 2.89 bits per heavy atom. The third-order valence-corrected chi connectivity index (χ3v) is 3.67. The van der Waals surface area contributed by atoms with Crippen molar-refractivity contribution in [2.45, 2.75) is 43.0 Å². The van der Waals surface area contributed by atoms with Crippen LogP contribution in [0.3, 0.4) is 0 Å². The van der Waals surface area contributed by atoms with E-state index < -0.39 is 0 Å². The molecule has 0 bridgehead atoms. The lowest BCUT2D eigenvalue weighted by molar-refractivity contribution is -0.121. The van der Waals surface area contributed by atoms with Crippen LogP contribution < -0.4 is 5.32 Å². The first-order chi connectivity index (χ1) is 8.67. The number of aliphatic hydroxyl groups is 1. The van der Waals surface area contributed by atoms with Crippen molar-refractivity contribution in [1.29, 1.82) is 0 Å². The van der Waals surface area contributed by atoms with Gasteiger partial charge in [0.2, 0.25) is 5.91 Å². The molecule has 2 atom stereocenters. The van der Waals surface area contributed by atoms with Crippen LogP contribution >= 0.6 is 11.8 Å². The summed E-state index contributed by atoms with van der Waals surface area (Å²) in [5.74, 6) is -0.00838. The molecule has 0 aliphatic heterocycles. The Hall–Kier alpha value is -1.07. The zero-order valence-electron chi connectivity index (χ0n) is 10.8. The normalized spacial score (nSPS) is 13.9. The fraction of sp³-hybridized carbons (Fsp3) is 0.538. The first-order valence-corrected chi connectivity index (χ1v) is 7.04. The number of hydrogen-bond donors (Lipinski definition) is 2. The van der Waals surface area contributed by atoms with Gasteiger partial charge in [-0.3, -0.25) is 4.79 Å². The standard InChI is InChI=1S/C13H20N2O2S/c1-3-11(7-9-16)15-13(17)10(2)18-12-6-4-5-8-14-12/h4-6,8,10-11,16H,3,7,9H2,1-2H3,(H,15,17). The number of amides is 1. The van der Waals surface area contributed by atoms with Crippen molar-refractivity contribution in [3.8, 4) is 0 Å². The maximum atomic E-state index is 12.0. The molecule has 1 aromatic rings. The number of aromatic nitrogens is 1. The highest BCUT2D eigenvalue weighted by molar-refractivity contribution is 8.00.